The standard InChI is InChI=1S/C14H24OSi/c1-10-6-7-12-8-15-9-13(12)11(2)14(10)16(3,4)5/h6-7,10,12,14H,8-9H2,1-5H3/t10-,12-,14-/m1/s1. The van der Waals surface area contributed by atoms with Crippen LogP contribution in [0.4, 0.5) is 0 Å². The summed E-state index contributed by atoms with van der Waals surface area (Å²) in [7, 11) is -1.14. The molecule has 0 bridgehead atoms. The molecular weight excluding hydrogens is 212 g/mol. The molecule has 1 heterocycles. The van der Waals surface area contributed by atoms with Gasteiger partial charge in [0.05, 0.1) is 21.3 Å². The van der Waals surface area contributed by atoms with Crippen molar-refractivity contribution in [2.75, 3.05) is 13.2 Å². The summed E-state index contributed by atoms with van der Waals surface area (Å²) in [6, 6.07) is 0. The van der Waals surface area contributed by atoms with Gasteiger partial charge in [0.1, 0.15) is 0 Å². The van der Waals surface area contributed by atoms with E-state index in [2.05, 4.69) is 45.6 Å². The molecule has 0 unspecified atom stereocenters. The highest BCUT2D eigenvalue weighted by Gasteiger charge is 2.36. The van der Waals surface area contributed by atoms with E-state index < -0.39 is 8.07 Å². The minimum absolute atomic E-state index is 0.573. The van der Waals surface area contributed by atoms with Gasteiger partial charge in [-0.15, -0.1) is 0 Å². The fraction of sp³-hybridized carbons (Fsp3) is 0.714. The minimum Gasteiger partial charge on any atom is -0.376 e. The molecular formula is C14H24OSi. The molecule has 2 rings (SSSR count). The summed E-state index contributed by atoms with van der Waals surface area (Å²) >= 11 is 0. The average Bonchev–Trinajstić information content (AvgIpc) is 2.55. The zero-order valence-corrected chi connectivity index (χ0v) is 12.2. The van der Waals surface area contributed by atoms with E-state index in [4.69, 9.17) is 4.74 Å². The zero-order valence-electron chi connectivity index (χ0n) is 11.2. The van der Waals surface area contributed by atoms with Crippen molar-refractivity contribution in [1.29, 1.82) is 0 Å². The van der Waals surface area contributed by atoms with Crippen LogP contribution in [-0.2, 0) is 4.74 Å². The fourth-order valence-corrected chi connectivity index (χ4v) is 6.71. The van der Waals surface area contributed by atoms with Crippen molar-refractivity contribution in [2.45, 2.75) is 39.0 Å². The lowest BCUT2D eigenvalue weighted by Crippen LogP contribution is -2.33. The predicted molar refractivity (Wildman–Crippen MR) is 72.4 cm³/mol. The van der Waals surface area contributed by atoms with E-state index in [0.717, 1.165) is 18.8 Å². The molecule has 16 heavy (non-hydrogen) atoms. The fourth-order valence-electron chi connectivity index (χ4n) is 3.53. The number of hydrogen-bond acceptors (Lipinski definition) is 1. The largest absolute Gasteiger partial charge is 0.376 e. The van der Waals surface area contributed by atoms with Gasteiger partial charge in [0, 0.05) is 5.92 Å². The quantitative estimate of drug-likeness (QED) is 0.496. The van der Waals surface area contributed by atoms with Crippen molar-refractivity contribution >= 4 is 8.07 Å². The Morgan fingerprint density at radius 1 is 1.25 bits per heavy atom. The van der Waals surface area contributed by atoms with Crippen LogP contribution in [0.15, 0.2) is 23.3 Å². The third-order valence-electron chi connectivity index (χ3n) is 4.08. The van der Waals surface area contributed by atoms with Gasteiger partial charge in [-0.3, -0.25) is 0 Å². The molecule has 3 atom stereocenters. The second-order valence-corrected chi connectivity index (χ2v) is 11.8. The van der Waals surface area contributed by atoms with Gasteiger partial charge in [0.25, 0.3) is 0 Å². The Morgan fingerprint density at radius 2 is 1.94 bits per heavy atom. The molecule has 0 saturated carbocycles. The molecule has 1 fully saturated rings. The summed E-state index contributed by atoms with van der Waals surface area (Å²) in [5.74, 6) is 1.27. The first-order chi connectivity index (χ1) is 7.41. The summed E-state index contributed by atoms with van der Waals surface area (Å²) in [4.78, 5) is 0. The first-order valence-corrected chi connectivity index (χ1v) is 9.94. The average molecular weight is 236 g/mol. The highest BCUT2D eigenvalue weighted by atomic mass is 28.3. The lowest BCUT2D eigenvalue weighted by atomic mass is 9.96. The Balaban J connectivity index is 2.43. The molecule has 1 aliphatic heterocycles. The Kier molecular flexibility index (Phi) is 3.15. The lowest BCUT2D eigenvalue weighted by molar-refractivity contribution is 0.195. The van der Waals surface area contributed by atoms with E-state index in [9.17, 15) is 0 Å². The van der Waals surface area contributed by atoms with E-state index in [-0.39, 0.29) is 0 Å². The maximum Gasteiger partial charge on any atom is 0.0686 e. The van der Waals surface area contributed by atoms with Crippen molar-refractivity contribution in [3.05, 3.63) is 23.3 Å². The van der Waals surface area contributed by atoms with Gasteiger partial charge in [-0.1, -0.05) is 44.3 Å². The topological polar surface area (TPSA) is 9.23 Å². The Bertz CT molecular complexity index is 335. The van der Waals surface area contributed by atoms with Crippen molar-refractivity contribution < 1.29 is 4.74 Å². The highest BCUT2D eigenvalue weighted by Crippen LogP contribution is 2.43. The molecule has 0 aromatic carbocycles. The van der Waals surface area contributed by atoms with Crippen molar-refractivity contribution in [2.24, 2.45) is 11.8 Å². The summed E-state index contributed by atoms with van der Waals surface area (Å²) in [6.45, 7) is 14.0. The van der Waals surface area contributed by atoms with E-state index >= 15 is 0 Å². The Hall–Kier alpha value is -0.343. The second kappa shape index (κ2) is 4.15. The second-order valence-electron chi connectivity index (χ2n) is 6.42. The van der Waals surface area contributed by atoms with Crippen molar-refractivity contribution in [3.63, 3.8) is 0 Å². The molecule has 0 radical (unpaired) electrons. The highest BCUT2D eigenvalue weighted by molar-refractivity contribution is 6.78. The number of ether oxygens (including phenoxy) is 1. The summed E-state index contributed by atoms with van der Waals surface area (Å²) in [5.41, 5.74) is 4.00. The summed E-state index contributed by atoms with van der Waals surface area (Å²) in [6.07, 6.45) is 4.81. The van der Waals surface area contributed by atoms with Crippen LogP contribution in [0.3, 0.4) is 0 Å². The first-order valence-electron chi connectivity index (χ1n) is 6.37. The number of allylic oxidation sites excluding steroid dienone is 2. The molecule has 0 N–H and O–H groups in total. The van der Waals surface area contributed by atoms with Crippen molar-refractivity contribution in [1.82, 2.24) is 0 Å². The SMILES string of the molecule is CC1=C2COC[C@H]2C=C[C@@H](C)[C@H]1[Si](C)(C)C. The molecule has 90 valence electrons. The molecule has 0 spiro atoms. The van der Waals surface area contributed by atoms with Gasteiger partial charge < -0.3 is 4.74 Å². The first kappa shape index (κ1) is 12.1. The van der Waals surface area contributed by atoms with Gasteiger partial charge >= 0.3 is 0 Å². The molecule has 2 aliphatic rings. The molecule has 0 aromatic heterocycles. The van der Waals surface area contributed by atoms with Crippen LogP contribution in [0.5, 0.6) is 0 Å². The van der Waals surface area contributed by atoms with Gasteiger partial charge in [-0.2, -0.15) is 0 Å². The third kappa shape index (κ3) is 2.05. The van der Waals surface area contributed by atoms with E-state index in [1.807, 2.05) is 0 Å². The third-order valence-corrected chi connectivity index (χ3v) is 6.91. The van der Waals surface area contributed by atoms with E-state index in [0.29, 0.717) is 11.8 Å². The predicted octanol–water partition coefficient (Wildman–Crippen LogP) is 3.86. The van der Waals surface area contributed by atoms with Gasteiger partial charge in [-0.05, 0) is 24.0 Å². The molecule has 2 heteroatoms. The molecule has 1 aliphatic carbocycles. The van der Waals surface area contributed by atoms with Crippen LogP contribution in [0.1, 0.15) is 13.8 Å². The van der Waals surface area contributed by atoms with Crippen LogP contribution in [0.25, 0.3) is 0 Å². The Morgan fingerprint density at radius 3 is 2.56 bits per heavy atom. The van der Waals surface area contributed by atoms with Gasteiger partial charge in [0.2, 0.25) is 0 Å². The van der Waals surface area contributed by atoms with E-state index in [1.54, 1.807) is 11.1 Å². The maximum atomic E-state index is 5.62. The molecule has 0 amide bonds. The van der Waals surface area contributed by atoms with Gasteiger partial charge in [0.15, 0.2) is 0 Å². The van der Waals surface area contributed by atoms with Gasteiger partial charge in [-0.25, -0.2) is 0 Å². The molecule has 0 aromatic rings. The number of hydrogen-bond donors (Lipinski definition) is 0. The maximum absolute atomic E-state index is 5.62. The molecule has 1 nitrogen and oxygen atoms in total. The number of rotatable bonds is 1. The molecule has 1 saturated heterocycles. The van der Waals surface area contributed by atoms with Crippen LogP contribution in [0.2, 0.25) is 25.2 Å². The van der Waals surface area contributed by atoms with Crippen LogP contribution >= 0.6 is 0 Å². The van der Waals surface area contributed by atoms with Crippen molar-refractivity contribution in [3.8, 4) is 0 Å². The summed E-state index contributed by atoms with van der Waals surface area (Å²) < 4.78 is 5.62. The number of fused-ring (bicyclic) bond motifs is 1. The van der Waals surface area contributed by atoms with Crippen LogP contribution < -0.4 is 0 Å². The monoisotopic (exact) mass is 236 g/mol. The normalized spacial score (nSPS) is 35.2. The zero-order chi connectivity index (χ0) is 11.9. The van der Waals surface area contributed by atoms with E-state index in [1.165, 1.54) is 0 Å². The lowest BCUT2D eigenvalue weighted by Gasteiger charge is -2.34. The van der Waals surface area contributed by atoms with Crippen LogP contribution in [0, 0.1) is 11.8 Å². The summed E-state index contributed by atoms with van der Waals surface area (Å²) in [5, 5.41) is 0. The smallest absolute Gasteiger partial charge is 0.0686 e. The van der Waals surface area contributed by atoms with Crippen LogP contribution in [-0.4, -0.2) is 21.3 Å². The minimum atomic E-state index is -1.14. The Labute approximate surface area is 101 Å².